The monoisotopic (exact) mass is 455 g/mol. The second-order valence-corrected chi connectivity index (χ2v) is 13.5. The summed E-state index contributed by atoms with van der Waals surface area (Å²) in [5.41, 5.74) is 2.41. The first-order valence-electron chi connectivity index (χ1n) is 11.3. The van der Waals surface area contributed by atoms with E-state index < -0.39 is 8.07 Å². The van der Waals surface area contributed by atoms with Gasteiger partial charge in [0.05, 0.1) is 0 Å². The van der Waals surface area contributed by atoms with E-state index in [-0.39, 0.29) is 0 Å². The van der Waals surface area contributed by atoms with E-state index in [1.165, 1.54) is 52.3 Å². The smallest absolute Gasteiger partial charge is 0.181 e. The lowest BCUT2D eigenvalue weighted by molar-refractivity contribution is 1.42. The summed E-state index contributed by atoms with van der Waals surface area (Å²) in [5, 5.41) is 8.40. The number of hydrogen-bond acceptors (Lipinski definition) is 1. The molecule has 0 saturated heterocycles. The highest BCUT2D eigenvalue weighted by molar-refractivity contribution is 8.00. The molecule has 1 nitrogen and oxygen atoms in total. The Labute approximate surface area is 198 Å². The SMILES string of the molecule is c1ccc([Si]2(c3ccc4c(c3)[nH]c3ccccc34)c3ccccc3Sc3ccccc32)cc1. The van der Waals surface area contributed by atoms with Crippen molar-refractivity contribution in [3.8, 4) is 0 Å². The van der Waals surface area contributed by atoms with E-state index in [0.717, 1.165) is 0 Å². The lowest BCUT2D eigenvalue weighted by Gasteiger charge is -2.39. The Bertz CT molecular complexity index is 1610. The molecule has 0 amide bonds. The number of nitrogens with one attached hydrogen (secondary N) is 1. The van der Waals surface area contributed by atoms with Gasteiger partial charge in [0.15, 0.2) is 8.07 Å². The van der Waals surface area contributed by atoms with Gasteiger partial charge in [-0.15, -0.1) is 0 Å². The molecule has 0 radical (unpaired) electrons. The molecule has 3 heteroatoms. The largest absolute Gasteiger partial charge is 0.355 e. The molecule has 0 saturated carbocycles. The van der Waals surface area contributed by atoms with Gasteiger partial charge >= 0.3 is 0 Å². The van der Waals surface area contributed by atoms with E-state index in [0.29, 0.717) is 0 Å². The van der Waals surface area contributed by atoms with Crippen molar-refractivity contribution >= 4 is 62.4 Å². The van der Waals surface area contributed by atoms with E-state index >= 15 is 0 Å². The van der Waals surface area contributed by atoms with Gasteiger partial charge in [0.2, 0.25) is 0 Å². The zero-order chi connectivity index (χ0) is 21.8. The summed E-state index contributed by atoms with van der Waals surface area (Å²) < 4.78 is 0. The number of para-hydroxylation sites is 1. The van der Waals surface area contributed by atoms with Crippen molar-refractivity contribution in [3.05, 3.63) is 121 Å². The van der Waals surface area contributed by atoms with Crippen LogP contribution in [0.4, 0.5) is 0 Å². The summed E-state index contributed by atoms with van der Waals surface area (Å²) in [4.78, 5) is 6.45. The maximum Gasteiger partial charge on any atom is 0.181 e. The van der Waals surface area contributed by atoms with Crippen LogP contribution in [-0.4, -0.2) is 13.1 Å². The molecule has 2 heterocycles. The molecule has 1 N–H and O–H groups in total. The lowest BCUT2D eigenvalue weighted by Crippen LogP contribution is -2.76. The number of benzene rings is 5. The maximum absolute atomic E-state index is 3.69. The van der Waals surface area contributed by atoms with E-state index in [2.05, 4.69) is 126 Å². The molecule has 0 unspecified atom stereocenters. The van der Waals surface area contributed by atoms with Crippen molar-refractivity contribution in [1.82, 2.24) is 4.98 Å². The average molecular weight is 456 g/mol. The van der Waals surface area contributed by atoms with Crippen LogP contribution in [0.15, 0.2) is 131 Å². The van der Waals surface area contributed by atoms with E-state index in [1.54, 1.807) is 0 Å². The number of aromatic amines is 1. The first kappa shape index (κ1) is 19.0. The summed E-state index contributed by atoms with van der Waals surface area (Å²) in [6.07, 6.45) is 0. The van der Waals surface area contributed by atoms with Crippen molar-refractivity contribution in [2.24, 2.45) is 0 Å². The van der Waals surface area contributed by atoms with Gasteiger partial charge in [-0.1, -0.05) is 109 Å². The number of aromatic nitrogens is 1. The number of H-pyrrole nitrogens is 1. The summed E-state index contributed by atoms with van der Waals surface area (Å²) >= 11 is 1.91. The van der Waals surface area contributed by atoms with Gasteiger partial charge in [-0.05, 0) is 45.0 Å². The molecule has 0 atom stereocenters. The van der Waals surface area contributed by atoms with Crippen molar-refractivity contribution in [1.29, 1.82) is 0 Å². The third kappa shape index (κ3) is 2.67. The molecule has 1 aliphatic heterocycles. The lowest BCUT2D eigenvalue weighted by atomic mass is 10.1. The number of rotatable bonds is 2. The van der Waals surface area contributed by atoms with Crippen molar-refractivity contribution in [2.75, 3.05) is 0 Å². The van der Waals surface area contributed by atoms with E-state index in [4.69, 9.17) is 0 Å². The fourth-order valence-electron chi connectivity index (χ4n) is 5.56. The van der Waals surface area contributed by atoms with Gasteiger partial charge in [-0.3, -0.25) is 0 Å². The minimum Gasteiger partial charge on any atom is -0.355 e. The second-order valence-electron chi connectivity index (χ2n) is 8.64. The second kappa shape index (κ2) is 7.24. The minimum atomic E-state index is -2.48. The highest BCUT2D eigenvalue weighted by atomic mass is 32.2. The first-order valence-corrected chi connectivity index (χ1v) is 14.1. The summed E-state index contributed by atoms with van der Waals surface area (Å²) in [6.45, 7) is 0. The van der Waals surface area contributed by atoms with Crippen LogP contribution < -0.4 is 20.7 Å². The predicted octanol–water partition coefficient (Wildman–Crippen LogP) is 5.16. The molecule has 7 rings (SSSR count). The Morgan fingerprint density at radius 1 is 0.485 bits per heavy atom. The molecule has 1 aromatic heterocycles. The Morgan fingerprint density at radius 2 is 1.09 bits per heavy atom. The molecular weight excluding hydrogens is 434 g/mol. The van der Waals surface area contributed by atoms with Crippen LogP contribution in [0.3, 0.4) is 0 Å². The van der Waals surface area contributed by atoms with Crippen LogP contribution >= 0.6 is 11.8 Å². The Balaban J connectivity index is 1.63. The van der Waals surface area contributed by atoms with Gasteiger partial charge in [0.25, 0.3) is 0 Å². The summed E-state index contributed by atoms with van der Waals surface area (Å²) in [5.74, 6) is 0. The Hall–Kier alpha value is -3.53. The molecule has 156 valence electrons. The highest BCUT2D eigenvalue weighted by Gasteiger charge is 2.46. The van der Waals surface area contributed by atoms with Crippen LogP contribution in [0, 0.1) is 0 Å². The van der Waals surface area contributed by atoms with Crippen LogP contribution in [0.2, 0.25) is 0 Å². The van der Waals surface area contributed by atoms with Crippen molar-refractivity contribution in [3.63, 3.8) is 0 Å². The van der Waals surface area contributed by atoms with Crippen molar-refractivity contribution < 1.29 is 0 Å². The maximum atomic E-state index is 3.69. The zero-order valence-corrected chi connectivity index (χ0v) is 19.8. The van der Waals surface area contributed by atoms with E-state index in [9.17, 15) is 0 Å². The van der Waals surface area contributed by atoms with Gasteiger partial charge in [-0.2, -0.15) is 0 Å². The molecular formula is C30H21NSSi. The van der Waals surface area contributed by atoms with Crippen LogP contribution in [-0.2, 0) is 0 Å². The fourth-order valence-corrected chi connectivity index (χ4v) is 12.5. The standard InChI is InChI=1S/C30H21NSSi/c1-2-10-21(11-3-1)33(22-18-19-24-23-12-4-5-13-25(23)31-26(24)20-22)29-16-8-6-14-27(29)32-28-15-7-9-17-30(28)33/h1-20,31H. The molecule has 5 aromatic carbocycles. The van der Waals surface area contributed by atoms with E-state index in [1.807, 2.05) is 11.8 Å². The van der Waals surface area contributed by atoms with Crippen LogP contribution in [0.1, 0.15) is 0 Å². The first-order chi connectivity index (χ1) is 16.4. The Morgan fingerprint density at radius 3 is 1.85 bits per heavy atom. The third-order valence-electron chi connectivity index (χ3n) is 6.95. The molecule has 0 bridgehead atoms. The summed E-state index contributed by atoms with van der Waals surface area (Å²) in [6, 6.07) is 45.0. The summed E-state index contributed by atoms with van der Waals surface area (Å²) in [7, 11) is -2.48. The van der Waals surface area contributed by atoms with Crippen molar-refractivity contribution in [2.45, 2.75) is 9.79 Å². The molecule has 6 aromatic rings. The highest BCUT2D eigenvalue weighted by Crippen LogP contribution is 2.33. The predicted molar refractivity (Wildman–Crippen MR) is 144 cm³/mol. The molecule has 0 spiro atoms. The minimum absolute atomic E-state index is 1.19. The van der Waals surface area contributed by atoms with Gasteiger partial charge < -0.3 is 4.98 Å². The van der Waals surface area contributed by atoms with Crippen LogP contribution in [0.25, 0.3) is 21.8 Å². The molecule has 33 heavy (non-hydrogen) atoms. The van der Waals surface area contributed by atoms with Gasteiger partial charge in [0.1, 0.15) is 0 Å². The normalized spacial score (nSPS) is 14.2. The average Bonchev–Trinajstić information content (AvgIpc) is 3.26. The van der Waals surface area contributed by atoms with Gasteiger partial charge in [-0.25, -0.2) is 0 Å². The quantitative estimate of drug-likeness (QED) is 0.356. The number of hydrogen-bond donors (Lipinski definition) is 1. The molecule has 1 aliphatic rings. The molecule has 0 fully saturated rings. The topological polar surface area (TPSA) is 15.8 Å². The van der Waals surface area contributed by atoms with Crippen LogP contribution in [0.5, 0.6) is 0 Å². The fraction of sp³-hybridized carbons (Fsp3) is 0. The molecule has 0 aliphatic carbocycles. The third-order valence-corrected chi connectivity index (χ3v) is 13.3. The Kier molecular flexibility index (Phi) is 4.16. The number of fused-ring (bicyclic) bond motifs is 5. The van der Waals surface area contributed by atoms with Gasteiger partial charge in [0, 0.05) is 31.6 Å². The zero-order valence-electron chi connectivity index (χ0n) is 18.0.